The van der Waals surface area contributed by atoms with Crippen LogP contribution in [0.25, 0.3) is 0 Å². The van der Waals surface area contributed by atoms with Crippen LogP contribution in [0.3, 0.4) is 0 Å². The summed E-state index contributed by atoms with van der Waals surface area (Å²) in [6, 6.07) is 0. The molecule has 146 valence electrons. The van der Waals surface area contributed by atoms with Crippen LogP contribution >= 0.6 is 0 Å². The van der Waals surface area contributed by atoms with Gasteiger partial charge in [-0.2, -0.15) is 0 Å². The molecule has 0 heterocycles. The molecule has 25 heavy (non-hydrogen) atoms. The van der Waals surface area contributed by atoms with Gasteiger partial charge in [0.05, 0.1) is 0 Å². The molecule has 1 unspecified atom stereocenters. The number of hydrogen-bond donors (Lipinski definition) is 1. The molecule has 0 spiro atoms. The van der Waals surface area contributed by atoms with Gasteiger partial charge in [0.2, 0.25) is 0 Å². The standard InChI is InChI=1S/C8H11O4.3C4H9.Sn/c1-3-6(9)4-7(10)5-8(11)12-2;3*1-3-4-2;/h1,3,6,9H,4-5H2,2H3;3*1,3-4H2,2H3;. The Balaban J connectivity index is 4.93. The first kappa shape index (κ1) is 24.6. The van der Waals surface area contributed by atoms with Gasteiger partial charge in [0, 0.05) is 0 Å². The average Bonchev–Trinajstić information content (AvgIpc) is 2.60. The Morgan fingerprint density at radius 1 is 1.00 bits per heavy atom. The first-order valence-corrected chi connectivity index (χ1v) is 17.6. The number of methoxy groups -OCH3 is 1. The summed E-state index contributed by atoms with van der Waals surface area (Å²) in [6.07, 6.45) is 8.28. The van der Waals surface area contributed by atoms with Crippen molar-refractivity contribution in [1.82, 2.24) is 0 Å². The summed E-state index contributed by atoms with van der Waals surface area (Å²) >= 11 is -2.41. The van der Waals surface area contributed by atoms with E-state index in [-0.39, 0.29) is 18.6 Å². The molecule has 0 radical (unpaired) electrons. The number of esters is 1. The van der Waals surface area contributed by atoms with Crippen molar-refractivity contribution in [3.05, 3.63) is 10.2 Å². The van der Waals surface area contributed by atoms with Gasteiger partial charge in [-0.15, -0.1) is 0 Å². The zero-order valence-electron chi connectivity index (χ0n) is 16.7. The molecule has 5 heteroatoms. The fourth-order valence-corrected chi connectivity index (χ4v) is 17.6. The zero-order chi connectivity index (χ0) is 19.1. The van der Waals surface area contributed by atoms with Crippen molar-refractivity contribution in [2.75, 3.05) is 7.11 Å². The topological polar surface area (TPSA) is 63.6 Å². The van der Waals surface area contributed by atoms with Crippen molar-refractivity contribution in [3.8, 4) is 0 Å². The van der Waals surface area contributed by atoms with E-state index in [1.165, 1.54) is 58.9 Å². The summed E-state index contributed by atoms with van der Waals surface area (Å²) < 4.78 is 10.9. The number of carbonyl (C=O) groups is 2. The fourth-order valence-electron chi connectivity index (χ4n) is 3.13. The number of aliphatic hydroxyl groups is 1. The van der Waals surface area contributed by atoms with E-state index in [9.17, 15) is 14.7 Å². The molecule has 0 saturated carbocycles. The maximum atomic E-state index is 11.8. The molecular weight excluding hydrogens is 423 g/mol. The number of ether oxygens (including phenoxy) is 1. The average molecular weight is 461 g/mol. The molecule has 0 aromatic heterocycles. The van der Waals surface area contributed by atoms with Crippen LogP contribution in [0.2, 0.25) is 13.3 Å². The molecule has 0 aliphatic carbocycles. The summed E-state index contributed by atoms with van der Waals surface area (Å²) in [5.74, 6) is -0.802. The van der Waals surface area contributed by atoms with Crippen LogP contribution in [-0.2, 0) is 14.3 Å². The van der Waals surface area contributed by atoms with Gasteiger partial charge < -0.3 is 0 Å². The third kappa shape index (κ3) is 11.8. The molecule has 0 aromatic rings. The molecule has 1 N–H and O–H groups in total. The van der Waals surface area contributed by atoms with Crippen molar-refractivity contribution >= 4 is 30.1 Å². The molecule has 0 aliphatic rings. The molecule has 0 rings (SSSR count). The summed E-state index contributed by atoms with van der Waals surface area (Å²) in [6.45, 7) is 6.71. The van der Waals surface area contributed by atoms with Crippen LogP contribution in [0.1, 0.15) is 72.1 Å². The van der Waals surface area contributed by atoms with E-state index in [2.05, 4.69) is 29.6 Å². The zero-order valence-corrected chi connectivity index (χ0v) is 19.5. The Kier molecular flexibility index (Phi) is 14.6. The molecule has 1 atom stereocenters. The number of ketones is 1. The molecule has 0 fully saturated rings. The van der Waals surface area contributed by atoms with E-state index in [0.29, 0.717) is 0 Å². The number of rotatable bonds is 15. The summed E-state index contributed by atoms with van der Waals surface area (Å²) in [4.78, 5) is 22.9. The quantitative estimate of drug-likeness (QED) is 0.216. The van der Waals surface area contributed by atoms with E-state index in [1.54, 1.807) is 0 Å². The maximum absolute atomic E-state index is 11.8. The first-order valence-electron chi connectivity index (χ1n) is 9.89. The third-order valence-electron chi connectivity index (χ3n) is 4.76. The second-order valence-corrected chi connectivity index (χ2v) is 20.1. The number of unbranched alkanes of at least 4 members (excludes halogenated alkanes) is 3. The minimum absolute atomic E-state index is 0.00286. The van der Waals surface area contributed by atoms with Gasteiger partial charge >= 0.3 is 158 Å². The summed E-state index contributed by atoms with van der Waals surface area (Å²) in [7, 11) is 1.27. The van der Waals surface area contributed by atoms with Crippen LogP contribution in [-0.4, -0.2) is 48.4 Å². The summed E-state index contributed by atoms with van der Waals surface area (Å²) in [5.41, 5.74) is 0. The predicted molar refractivity (Wildman–Crippen MR) is 106 cm³/mol. The van der Waals surface area contributed by atoms with Crippen molar-refractivity contribution in [1.29, 1.82) is 0 Å². The Hall–Kier alpha value is -0.361. The Morgan fingerprint density at radius 3 is 1.88 bits per heavy atom. The van der Waals surface area contributed by atoms with E-state index in [1.807, 2.05) is 6.08 Å². The summed E-state index contributed by atoms with van der Waals surface area (Å²) in [5, 5.41) is 10.2. The number of carbonyl (C=O) groups excluding carboxylic acids is 2. The van der Waals surface area contributed by atoms with Crippen LogP contribution < -0.4 is 0 Å². The molecule has 0 saturated heterocycles. The number of hydrogen-bond acceptors (Lipinski definition) is 4. The van der Waals surface area contributed by atoms with Crippen molar-refractivity contribution < 1.29 is 19.4 Å². The second kappa shape index (κ2) is 14.8. The predicted octanol–water partition coefficient (Wildman–Crippen LogP) is 4.81. The minimum atomic E-state index is -2.41. The van der Waals surface area contributed by atoms with Gasteiger partial charge in [-0.25, -0.2) is 0 Å². The molecular formula is C20H38O4Sn. The first-order chi connectivity index (χ1) is 11.9. The number of aliphatic hydroxyl groups excluding tert-OH is 1. The molecule has 0 aliphatic heterocycles. The SMILES string of the molecule is CCC[CH2][Sn]([CH]=CC(O)CC(=O)CC(=O)OC)([CH2]CCC)[CH2]CCC. The molecule has 0 aromatic carbocycles. The van der Waals surface area contributed by atoms with Gasteiger partial charge in [0.25, 0.3) is 0 Å². The fraction of sp³-hybridized carbons (Fsp3) is 0.800. The van der Waals surface area contributed by atoms with Crippen molar-refractivity contribution in [3.63, 3.8) is 0 Å². The monoisotopic (exact) mass is 462 g/mol. The molecule has 0 bridgehead atoms. The van der Waals surface area contributed by atoms with Crippen molar-refractivity contribution in [2.45, 2.75) is 91.6 Å². The molecule has 4 nitrogen and oxygen atoms in total. The van der Waals surface area contributed by atoms with E-state index >= 15 is 0 Å². The van der Waals surface area contributed by atoms with Crippen molar-refractivity contribution in [2.24, 2.45) is 0 Å². The third-order valence-corrected chi connectivity index (χ3v) is 18.9. The van der Waals surface area contributed by atoms with Crippen LogP contribution in [0.5, 0.6) is 0 Å². The Bertz CT molecular complexity index is 385. The Morgan fingerprint density at radius 2 is 1.48 bits per heavy atom. The van der Waals surface area contributed by atoms with E-state index < -0.39 is 30.5 Å². The molecule has 0 amide bonds. The van der Waals surface area contributed by atoms with Gasteiger partial charge in [-0.1, -0.05) is 0 Å². The number of Topliss-reactive ketones (excluding diaryl/α,β-unsaturated/α-hetero) is 1. The van der Waals surface area contributed by atoms with Gasteiger partial charge in [-0.05, 0) is 0 Å². The van der Waals surface area contributed by atoms with Gasteiger partial charge in [0.15, 0.2) is 0 Å². The normalized spacial score (nSPS) is 13.2. The van der Waals surface area contributed by atoms with Crippen LogP contribution in [0.15, 0.2) is 10.2 Å². The van der Waals surface area contributed by atoms with Crippen LogP contribution in [0, 0.1) is 0 Å². The van der Waals surface area contributed by atoms with E-state index in [0.717, 1.165) is 0 Å². The Labute approximate surface area is 158 Å². The second-order valence-electron chi connectivity index (χ2n) is 7.10. The van der Waals surface area contributed by atoms with Gasteiger partial charge in [-0.3, -0.25) is 0 Å². The van der Waals surface area contributed by atoms with E-state index in [4.69, 9.17) is 0 Å². The van der Waals surface area contributed by atoms with Gasteiger partial charge in [0.1, 0.15) is 0 Å². The van der Waals surface area contributed by atoms with Crippen LogP contribution in [0.4, 0.5) is 0 Å².